The summed E-state index contributed by atoms with van der Waals surface area (Å²) >= 11 is 0. The van der Waals surface area contributed by atoms with Crippen molar-refractivity contribution in [1.29, 1.82) is 0 Å². The summed E-state index contributed by atoms with van der Waals surface area (Å²) < 4.78 is 44.8. The zero-order chi connectivity index (χ0) is 23.0. The second-order valence-corrected chi connectivity index (χ2v) is 7.41. The topological polar surface area (TPSA) is 66.0 Å². The summed E-state index contributed by atoms with van der Waals surface area (Å²) in [7, 11) is 1.63. The molecule has 1 amide bonds. The molecule has 1 heterocycles. The number of aliphatic imine (C=N–C) groups is 1. The lowest BCUT2D eigenvalue weighted by Gasteiger charge is -2.35. The minimum absolute atomic E-state index is 0. The van der Waals surface area contributed by atoms with Crippen molar-refractivity contribution in [2.75, 3.05) is 33.3 Å². The number of carbonyl (C=O) groups is 1. The number of nitrogens with zero attached hydrogens (tertiary/aromatic N) is 2. The van der Waals surface area contributed by atoms with Gasteiger partial charge in [-0.05, 0) is 23.3 Å². The quantitative estimate of drug-likeness (QED) is 0.311. The number of ether oxygens (including phenoxy) is 1. The van der Waals surface area contributed by atoms with Crippen LogP contribution in [0.5, 0.6) is 0 Å². The van der Waals surface area contributed by atoms with Crippen LogP contribution in [0.15, 0.2) is 59.6 Å². The van der Waals surface area contributed by atoms with E-state index in [2.05, 4.69) is 15.6 Å². The zero-order valence-corrected chi connectivity index (χ0v) is 20.6. The molecule has 1 atom stereocenters. The first-order valence-corrected chi connectivity index (χ1v) is 10.4. The van der Waals surface area contributed by atoms with E-state index in [1.54, 1.807) is 13.1 Å². The van der Waals surface area contributed by atoms with Crippen LogP contribution in [0.25, 0.3) is 0 Å². The van der Waals surface area contributed by atoms with Crippen LogP contribution < -0.4 is 10.6 Å². The van der Waals surface area contributed by atoms with Gasteiger partial charge < -0.3 is 20.3 Å². The third kappa shape index (κ3) is 8.18. The van der Waals surface area contributed by atoms with Gasteiger partial charge in [0.05, 0.1) is 18.7 Å². The maximum Gasteiger partial charge on any atom is 0.416 e. The molecule has 2 N–H and O–H groups in total. The summed E-state index contributed by atoms with van der Waals surface area (Å²) in [6.45, 7) is 2.13. The molecule has 0 bridgehead atoms. The van der Waals surface area contributed by atoms with Crippen molar-refractivity contribution in [3.8, 4) is 0 Å². The van der Waals surface area contributed by atoms with Crippen LogP contribution in [0.3, 0.4) is 0 Å². The lowest BCUT2D eigenvalue weighted by Crippen LogP contribution is -2.48. The number of benzene rings is 2. The highest BCUT2D eigenvalue weighted by Gasteiger charge is 2.32. The van der Waals surface area contributed by atoms with Crippen LogP contribution in [-0.4, -0.2) is 50.1 Å². The molecule has 1 aliphatic heterocycles. The fourth-order valence-corrected chi connectivity index (χ4v) is 3.46. The molecule has 3 rings (SSSR count). The maximum atomic E-state index is 13.0. The molecule has 0 spiro atoms. The number of rotatable bonds is 6. The van der Waals surface area contributed by atoms with Crippen LogP contribution in [0.1, 0.15) is 29.2 Å². The Labute approximate surface area is 208 Å². The van der Waals surface area contributed by atoms with E-state index < -0.39 is 17.8 Å². The Hall–Kier alpha value is -2.34. The van der Waals surface area contributed by atoms with E-state index in [-0.39, 0.29) is 36.3 Å². The van der Waals surface area contributed by atoms with Crippen LogP contribution in [0.4, 0.5) is 13.2 Å². The molecule has 0 aromatic heterocycles. The van der Waals surface area contributed by atoms with Crippen molar-refractivity contribution < 1.29 is 22.7 Å². The fourth-order valence-electron chi connectivity index (χ4n) is 3.46. The van der Waals surface area contributed by atoms with Gasteiger partial charge in [0.25, 0.3) is 0 Å². The van der Waals surface area contributed by atoms with Crippen molar-refractivity contribution in [2.24, 2.45) is 4.99 Å². The molecule has 1 fully saturated rings. The first-order chi connectivity index (χ1) is 15.4. The van der Waals surface area contributed by atoms with Gasteiger partial charge in [-0.3, -0.25) is 9.79 Å². The molecule has 2 aromatic rings. The standard InChI is InChI=1S/C23H27F3N4O2.HI/c1-27-22(28-11-10-21(31)29-15-17-6-3-2-4-7-17)30-12-13-32-20(16-30)18-8-5-9-19(14-18)23(24,25)26;/h2-9,14,20H,10-13,15-16H2,1H3,(H,27,28)(H,29,31);1H. The van der Waals surface area contributed by atoms with Crippen molar-refractivity contribution in [2.45, 2.75) is 25.2 Å². The van der Waals surface area contributed by atoms with Crippen molar-refractivity contribution in [1.82, 2.24) is 15.5 Å². The maximum absolute atomic E-state index is 13.0. The molecule has 1 unspecified atom stereocenters. The highest BCUT2D eigenvalue weighted by atomic mass is 127. The van der Waals surface area contributed by atoms with Gasteiger partial charge in [-0.25, -0.2) is 0 Å². The van der Waals surface area contributed by atoms with Gasteiger partial charge in [-0.1, -0.05) is 42.5 Å². The number of carbonyl (C=O) groups excluding carboxylic acids is 1. The molecule has 0 saturated carbocycles. The Balaban J connectivity index is 0.00000385. The normalized spacial score (nSPS) is 16.7. The predicted octanol–water partition coefficient (Wildman–Crippen LogP) is 3.98. The van der Waals surface area contributed by atoms with E-state index >= 15 is 0 Å². The highest BCUT2D eigenvalue weighted by Crippen LogP contribution is 2.32. The third-order valence-electron chi connectivity index (χ3n) is 5.13. The smallest absolute Gasteiger partial charge is 0.370 e. The number of nitrogens with one attached hydrogen (secondary N) is 2. The van der Waals surface area contributed by atoms with Crippen molar-refractivity contribution in [3.05, 3.63) is 71.3 Å². The number of hydrogen-bond acceptors (Lipinski definition) is 3. The fraction of sp³-hybridized carbons (Fsp3) is 0.391. The van der Waals surface area contributed by atoms with E-state index in [9.17, 15) is 18.0 Å². The first kappa shape index (κ1) is 26.9. The average molecular weight is 576 g/mol. The van der Waals surface area contributed by atoms with E-state index in [0.29, 0.717) is 44.3 Å². The van der Waals surface area contributed by atoms with Gasteiger partial charge in [0.15, 0.2) is 5.96 Å². The summed E-state index contributed by atoms with van der Waals surface area (Å²) in [5, 5.41) is 6.03. The van der Waals surface area contributed by atoms with E-state index in [1.807, 2.05) is 35.2 Å². The average Bonchev–Trinajstić information content (AvgIpc) is 2.81. The molecule has 0 radical (unpaired) electrons. The first-order valence-electron chi connectivity index (χ1n) is 10.4. The second kappa shape index (κ2) is 12.8. The summed E-state index contributed by atoms with van der Waals surface area (Å²) in [6, 6.07) is 14.8. The minimum atomic E-state index is -4.40. The van der Waals surface area contributed by atoms with Gasteiger partial charge in [0.2, 0.25) is 5.91 Å². The molecular formula is C23H28F3IN4O2. The Morgan fingerprint density at radius 1 is 1.15 bits per heavy atom. The monoisotopic (exact) mass is 576 g/mol. The SMILES string of the molecule is CN=C(NCCC(=O)NCc1ccccc1)N1CCOC(c2cccc(C(F)(F)F)c2)C1.I. The molecule has 2 aromatic carbocycles. The number of amides is 1. The Bertz CT molecular complexity index is 925. The molecule has 0 aliphatic carbocycles. The molecule has 1 aliphatic rings. The van der Waals surface area contributed by atoms with Gasteiger partial charge in [-0.15, -0.1) is 24.0 Å². The van der Waals surface area contributed by atoms with Gasteiger partial charge in [-0.2, -0.15) is 13.2 Å². The Morgan fingerprint density at radius 2 is 1.91 bits per heavy atom. The summed E-state index contributed by atoms with van der Waals surface area (Å²) in [4.78, 5) is 18.3. The summed E-state index contributed by atoms with van der Waals surface area (Å²) in [5.41, 5.74) is 0.804. The largest absolute Gasteiger partial charge is 0.416 e. The highest BCUT2D eigenvalue weighted by molar-refractivity contribution is 14.0. The van der Waals surface area contributed by atoms with Crippen LogP contribution >= 0.6 is 24.0 Å². The third-order valence-corrected chi connectivity index (χ3v) is 5.13. The molecule has 6 nitrogen and oxygen atoms in total. The van der Waals surface area contributed by atoms with E-state index in [0.717, 1.165) is 17.7 Å². The van der Waals surface area contributed by atoms with Gasteiger partial charge in [0.1, 0.15) is 6.10 Å². The van der Waals surface area contributed by atoms with Gasteiger partial charge in [0, 0.05) is 33.1 Å². The summed E-state index contributed by atoms with van der Waals surface area (Å²) in [5.74, 6) is 0.502. The molecule has 10 heteroatoms. The molecule has 180 valence electrons. The lowest BCUT2D eigenvalue weighted by molar-refractivity contribution is -0.137. The van der Waals surface area contributed by atoms with Gasteiger partial charge >= 0.3 is 6.18 Å². The predicted molar refractivity (Wildman–Crippen MR) is 131 cm³/mol. The van der Waals surface area contributed by atoms with Crippen molar-refractivity contribution in [3.63, 3.8) is 0 Å². The zero-order valence-electron chi connectivity index (χ0n) is 18.3. The van der Waals surface area contributed by atoms with Crippen LogP contribution in [0, 0.1) is 0 Å². The van der Waals surface area contributed by atoms with E-state index in [4.69, 9.17) is 4.74 Å². The lowest BCUT2D eigenvalue weighted by atomic mass is 10.0. The Kier molecular flexibility index (Phi) is 10.4. The number of guanidine groups is 1. The number of alkyl halides is 3. The Morgan fingerprint density at radius 3 is 2.61 bits per heavy atom. The number of hydrogen-bond donors (Lipinski definition) is 2. The van der Waals surface area contributed by atoms with Crippen LogP contribution in [-0.2, 0) is 22.3 Å². The van der Waals surface area contributed by atoms with Crippen molar-refractivity contribution >= 4 is 35.8 Å². The van der Waals surface area contributed by atoms with E-state index in [1.165, 1.54) is 6.07 Å². The minimum Gasteiger partial charge on any atom is -0.370 e. The molecule has 1 saturated heterocycles. The molecular weight excluding hydrogens is 548 g/mol. The summed E-state index contributed by atoms with van der Waals surface area (Å²) in [6.07, 6.45) is -4.63. The number of halogens is 4. The number of morpholine rings is 1. The van der Waals surface area contributed by atoms with Crippen LogP contribution in [0.2, 0.25) is 0 Å². The second-order valence-electron chi connectivity index (χ2n) is 7.41. The molecule has 33 heavy (non-hydrogen) atoms.